The fourth-order valence-electron chi connectivity index (χ4n) is 2.03. The van der Waals surface area contributed by atoms with Crippen molar-refractivity contribution in [2.45, 2.75) is 0 Å². The molecule has 2 aromatic carbocycles. The molecule has 3 aromatic rings. The van der Waals surface area contributed by atoms with E-state index in [0.717, 1.165) is 5.69 Å². The number of benzene rings is 2. The van der Waals surface area contributed by atoms with Crippen LogP contribution in [0.2, 0.25) is 15.2 Å². The molecule has 0 fully saturated rings. The number of anilines is 2. The van der Waals surface area contributed by atoms with Crippen molar-refractivity contribution < 1.29 is 5.11 Å². The molecule has 0 atom stereocenters. The monoisotopic (exact) mass is 353 g/mol. The van der Waals surface area contributed by atoms with E-state index in [2.05, 4.69) is 9.97 Å². The van der Waals surface area contributed by atoms with Crippen LogP contribution in [-0.2, 0) is 0 Å². The van der Waals surface area contributed by atoms with Crippen molar-refractivity contribution in [2.75, 3.05) is 11.9 Å². The maximum atomic E-state index is 9.36. The highest BCUT2D eigenvalue weighted by Crippen LogP contribution is 2.32. The Labute approximate surface area is 141 Å². The second-order valence-corrected chi connectivity index (χ2v) is 5.84. The molecule has 112 valence electrons. The zero-order valence-electron chi connectivity index (χ0n) is 11.4. The number of hydrogen-bond acceptors (Lipinski definition) is 4. The molecule has 22 heavy (non-hydrogen) atoms. The summed E-state index contributed by atoms with van der Waals surface area (Å²) >= 11 is 18.2. The van der Waals surface area contributed by atoms with Crippen molar-refractivity contribution in [1.82, 2.24) is 9.97 Å². The normalized spacial score (nSPS) is 10.9. The molecule has 0 radical (unpaired) electrons. The first-order valence-corrected chi connectivity index (χ1v) is 7.44. The summed E-state index contributed by atoms with van der Waals surface area (Å²) in [6.45, 7) is 0. The van der Waals surface area contributed by atoms with Crippen LogP contribution in [0.25, 0.3) is 11.0 Å². The first-order chi connectivity index (χ1) is 10.5. The number of phenolic OH excluding ortho intramolecular Hbond substituents is 1. The standard InChI is InChI=1S/C15H10Cl3N3O/c1-21(8-2-4-9(22)5-3-8)15-14(18)19-12-6-10(16)11(17)7-13(12)20-15/h2-7,22H,1H3. The lowest BCUT2D eigenvalue weighted by Gasteiger charge is -2.19. The van der Waals surface area contributed by atoms with Gasteiger partial charge in [-0.15, -0.1) is 0 Å². The van der Waals surface area contributed by atoms with Crippen LogP contribution in [0.1, 0.15) is 0 Å². The molecule has 0 bridgehead atoms. The number of nitrogens with zero attached hydrogens (tertiary/aromatic N) is 3. The molecule has 1 heterocycles. The minimum absolute atomic E-state index is 0.189. The Hall–Kier alpha value is -1.75. The average Bonchev–Trinajstić information content (AvgIpc) is 2.48. The number of phenols is 1. The average molecular weight is 355 g/mol. The van der Waals surface area contributed by atoms with Gasteiger partial charge >= 0.3 is 0 Å². The van der Waals surface area contributed by atoms with E-state index in [1.165, 1.54) is 0 Å². The van der Waals surface area contributed by atoms with Crippen LogP contribution < -0.4 is 4.90 Å². The van der Waals surface area contributed by atoms with Crippen LogP contribution in [-0.4, -0.2) is 22.1 Å². The molecule has 7 heteroatoms. The zero-order chi connectivity index (χ0) is 15.9. The maximum absolute atomic E-state index is 9.36. The Bertz CT molecular complexity index is 853. The van der Waals surface area contributed by atoms with Gasteiger partial charge in [-0.25, -0.2) is 9.97 Å². The van der Waals surface area contributed by atoms with Crippen molar-refractivity contribution >= 4 is 57.3 Å². The Morgan fingerprint density at radius 1 is 0.909 bits per heavy atom. The van der Waals surface area contributed by atoms with Gasteiger partial charge < -0.3 is 10.0 Å². The van der Waals surface area contributed by atoms with Crippen LogP contribution in [0, 0.1) is 0 Å². The smallest absolute Gasteiger partial charge is 0.172 e. The highest BCUT2D eigenvalue weighted by atomic mass is 35.5. The number of hydrogen-bond donors (Lipinski definition) is 1. The molecule has 0 amide bonds. The van der Waals surface area contributed by atoms with E-state index in [-0.39, 0.29) is 10.9 Å². The lowest BCUT2D eigenvalue weighted by atomic mass is 10.2. The Morgan fingerprint density at radius 3 is 2.05 bits per heavy atom. The fraction of sp³-hybridized carbons (Fsp3) is 0.0667. The molecule has 0 saturated carbocycles. The molecule has 1 N–H and O–H groups in total. The fourth-order valence-corrected chi connectivity index (χ4v) is 2.61. The molecule has 0 aliphatic rings. The van der Waals surface area contributed by atoms with E-state index in [0.29, 0.717) is 26.9 Å². The molecule has 3 rings (SSSR count). The van der Waals surface area contributed by atoms with E-state index in [4.69, 9.17) is 34.8 Å². The van der Waals surface area contributed by atoms with Crippen molar-refractivity contribution in [1.29, 1.82) is 0 Å². The summed E-state index contributed by atoms with van der Waals surface area (Å²) in [5.74, 6) is 0.674. The van der Waals surface area contributed by atoms with E-state index in [9.17, 15) is 5.11 Å². The van der Waals surface area contributed by atoms with Crippen LogP contribution in [0.15, 0.2) is 36.4 Å². The van der Waals surface area contributed by atoms with Gasteiger partial charge in [0.05, 0.1) is 21.1 Å². The molecular weight excluding hydrogens is 345 g/mol. The molecule has 4 nitrogen and oxygen atoms in total. The van der Waals surface area contributed by atoms with Gasteiger partial charge in [-0.2, -0.15) is 0 Å². The van der Waals surface area contributed by atoms with Gasteiger partial charge in [0.25, 0.3) is 0 Å². The number of halogens is 3. The predicted octanol–water partition coefficient (Wildman–Crippen LogP) is 5.06. The van der Waals surface area contributed by atoms with Gasteiger partial charge in [-0.1, -0.05) is 34.8 Å². The predicted molar refractivity (Wildman–Crippen MR) is 90.7 cm³/mol. The van der Waals surface area contributed by atoms with Crippen molar-refractivity contribution in [3.63, 3.8) is 0 Å². The van der Waals surface area contributed by atoms with E-state index in [1.54, 1.807) is 41.3 Å². The first kappa shape index (κ1) is 15.2. The molecule has 0 spiro atoms. The second kappa shape index (κ2) is 5.80. The number of fused-ring (bicyclic) bond motifs is 1. The number of aromatic hydroxyl groups is 1. The summed E-state index contributed by atoms with van der Waals surface area (Å²) in [5.41, 5.74) is 1.98. The minimum Gasteiger partial charge on any atom is -0.508 e. The topological polar surface area (TPSA) is 49.2 Å². The van der Waals surface area contributed by atoms with Crippen LogP contribution in [0.4, 0.5) is 11.5 Å². The van der Waals surface area contributed by atoms with Crippen molar-refractivity contribution in [3.8, 4) is 5.75 Å². The molecule has 0 unspecified atom stereocenters. The van der Waals surface area contributed by atoms with E-state index >= 15 is 0 Å². The van der Waals surface area contributed by atoms with Gasteiger partial charge in [0.2, 0.25) is 0 Å². The lowest BCUT2D eigenvalue weighted by molar-refractivity contribution is 0.475. The van der Waals surface area contributed by atoms with Crippen molar-refractivity contribution in [2.24, 2.45) is 0 Å². The second-order valence-electron chi connectivity index (χ2n) is 4.67. The SMILES string of the molecule is CN(c1ccc(O)cc1)c1nc2cc(Cl)c(Cl)cc2nc1Cl. The van der Waals surface area contributed by atoms with Crippen LogP contribution in [0.5, 0.6) is 5.75 Å². The highest BCUT2D eigenvalue weighted by molar-refractivity contribution is 6.42. The van der Waals surface area contributed by atoms with E-state index in [1.807, 2.05) is 7.05 Å². The van der Waals surface area contributed by atoms with Gasteiger partial charge in [-0.05, 0) is 36.4 Å². The summed E-state index contributed by atoms with van der Waals surface area (Å²) in [6, 6.07) is 9.97. The molecular formula is C15H10Cl3N3O. The summed E-state index contributed by atoms with van der Waals surface area (Å²) in [7, 11) is 1.81. The summed E-state index contributed by atoms with van der Waals surface area (Å²) < 4.78 is 0. The number of aromatic nitrogens is 2. The third kappa shape index (κ3) is 2.77. The summed E-state index contributed by atoms with van der Waals surface area (Å²) in [5, 5.41) is 10.4. The third-order valence-corrected chi connectivity index (χ3v) is 4.18. The van der Waals surface area contributed by atoms with Crippen LogP contribution in [0.3, 0.4) is 0 Å². The molecule has 1 aromatic heterocycles. The molecule has 0 aliphatic heterocycles. The third-order valence-electron chi connectivity index (χ3n) is 3.20. The summed E-state index contributed by atoms with van der Waals surface area (Å²) in [6.07, 6.45) is 0. The van der Waals surface area contributed by atoms with Crippen molar-refractivity contribution in [3.05, 3.63) is 51.6 Å². The Morgan fingerprint density at radius 2 is 1.45 bits per heavy atom. The number of rotatable bonds is 2. The molecule has 0 saturated heterocycles. The summed E-state index contributed by atoms with van der Waals surface area (Å²) in [4.78, 5) is 10.6. The van der Waals surface area contributed by atoms with Gasteiger partial charge in [0.1, 0.15) is 5.75 Å². The highest BCUT2D eigenvalue weighted by Gasteiger charge is 2.14. The van der Waals surface area contributed by atoms with Gasteiger partial charge in [0, 0.05) is 12.7 Å². The van der Waals surface area contributed by atoms with Gasteiger partial charge in [0.15, 0.2) is 11.0 Å². The zero-order valence-corrected chi connectivity index (χ0v) is 13.7. The van der Waals surface area contributed by atoms with Crippen LogP contribution >= 0.6 is 34.8 Å². The molecule has 0 aliphatic carbocycles. The quantitative estimate of drug-likeness (QED) is 0.698. The Balaban J connectivity index is 2.11. The largest absolute Gasteiger partial charge is 0.508 e. The van der Waals surface area contributed by atoms with E-state index < -0.39 is 0 Å². The van der Waals surface area contributed by atoms with Gasteiger partial charge in [-0.3, -0.25) is 0 Å². The minimum atomic E-state index is 0.189. The lowest BCUT2D eigenvalue weighted by Crippen LogP contribution is -2.12. The maximum Gasteiger partial charge on any atom is 0.172 e. The Kier molecular flexibility index (Phi) is 4.00. The first-order valence-electron chi connectivity index (χ1n) is 6.31.